The third-order valence-electron chi connectivity index (χ3n) is 2.93. The molecule has 2 rings (SSSR count). The number of hydrogen-bond donors (Lipinski definition) is 1. The van der Waals surface area contributed by atoms with Crippen LogP contribution in [0.5, 0.6) is 5.75 Å². The summed E-state index contributed by atoms with van der Waals surface area (Å²) in [5, 5.41) is 11.0. The third-order valence-corrected chi connectivity index (χ3v) is 4.34. The van der Waals surface area contributed by atoms with Gasteiger partial charge in [0.15, 0.2) is 11.5 Å². The number of para-hydroxylation sites is 1. The molecule has 2 aromatic rings. The molecule has 0 aliphatic carbocycles. The highest BCUT2D eigenvalue weighted by Gasteiger charge is 2.30. The molecule has 0 heterocycles. The molecule has 0 amide bonds. The van der Waals surface area contributed by atoms with Crippen molar-refractivity contribution in [3.05, 3.63) is 58.4 Å². The first-order chi connectivity index (χ1) is 12.0. The number of nitro groups is 1. The van der Waals surface area contributed by atoms with Gasteiger partial charge in [-0.25, -0.2) is 12.8 Å². The van der Waals surface area contributed by atoms with Crippen LogP contribution in [0.2, 0.25) is 0 Å². The number of nitrogens with zero attached hydrogens (tertiary/aromatic N) is 1. The van der Waals surface area contributed by atoms with E-state index in [0.29, 0.717) is 6.07 Å². The topological polar surface area (TPSA) is 98.5 Å². The lowest BCUT2D eigenvalue weighted by Crippen LogP contribution is -2.21. The first-order valence-corrected chi connectivity index (χ1v) is 8.23. The van der Waals surface area contributed by atoms with Gasteiger partial charge in [0, 0.05) is 12.1 Å². The maximum Gasteiger partial charge on any atom is 0.422 e. The Kier molecular flexibility index (Phi) is 5.35. The second-order valence-corrected chi connectivity index (χ2v) is 6.53. The Bertz CT molecular complexity index is 931. The van der Waals surface area contributed by atoms with Crippen LogP contribution in [0.15, 0.2) is 47.4 Å². The molecule has 0 fully saturated rings. The van der Waals surface area contributed by atoms with Crippen LogP contribution < -0.4 is 9.46 Å². The van der Waals surface area contributed by atoms with Gasteiger partial charge in [0.1, 0.15) is 11.6 Å². The fourth-order valence-corrected chi connectivity index (χ4v) is 3.14. The Labute approximate surface area is 144 Å². The lowest BCUT2D eigenvalue weighted by molar-refractivity contribution is -0.387. The van der Waals surface area contributed by atoms with Crippen LogP contribution in [0.3, 0.4) is 0 Å². The maximum atomic E-state index is 13.4. The van der Waals surface area contributed by atoms with Gasteiger partial charge in [-0.3, -0.25) is 14.8 Å². The summed E-state index contributed by atoms with van der Waals surface area (Å²) in [4.78, 5) is 9.28. The van der Waals surface area contributed by atoms with Crippen molar-refractivity contribution in [1.82, 2.24) is 0 Å². The van der Waals surface area contributed by atoms with Crippen molar-refractivity contribution in [2.75, 3.05) is 11.3 Å². The molecule has 0 atom stereocenters. The Hall–Kier alpha value is -2.89. The van der Waals surface area contributed by atoms with E-state index in [-0.39, 0.29) is 0 Å². The average Bonchev–Trinajstić information content (AvgIpc) is 2.53. The van der Waals surface area contributed by atoms with E-state index in [1.807, 2.05) is 4.72 Å². The van der Waals surface area contributed by atoms with E-state index in [9.17, 15) is 36.1 Å². The van der Waals surface area contributed by atoms with E-state index in [4.69, 9.17) is 0 Å². The first kappa shape index (κ1) is 19.4. The van der Waals surface area contributed by atoms with Gasteiger partial charge < -0.3 is 4.74 Å². The molecule has 12 heteroatoms. The van der Waals surface area contributed by atoms with Crippen molar-refractivity contribution < 1.29 is 35.6 Å². The number of halogens is 4. The molecule has 1 N–H and O–H groups in total. The molecule has 0 saturated heterocycles. The van der Waals surface area contributed by atoms with Crippen molar-refractivity contribution in [3.8, 4) is 5.75 Å². The Balaban J connectivity index is 2.41. The summed E-state index contributed by atoms with van der Waals surface area (Å²) in [5.74, 6) is -1.55. The summed E-state index contributed by atoms with van der Waals surface area (Å²) in [5.41, 5.74) is -1.39. The summed E-state index contributed by atoms with van der Waals surface area (Å²) in [7, 11) is -4.60. The number of alkyl halides is 3. The average molecular weight is 394 g/mol. The standard InChI is InChI=1S/C14H10F4N2O5S/c15-9-5-6-12(25-8-14(16,17)18)10(7-9)19-26(23,24)13-4-2-1-3-11(13)20(21)22/h1-7,19H,8H2. The normalized spacial score (nSPS) is 11.8. The summed E-state index contributed by atoms with van der Waals surface area (Å²) in [6.07, 6.45) is -4.71. The molecule has 0 radical (unpaired) electrons. The number of anilines is 1. The fourth-order valence-electron chi connectivity index (χ4n) is 1.90. The van der Waals surface area contributed by atoms with Crippen molar-refractivity contribution in [2.24, 2.45) is 0 Å². The lowest BCUT2D eigenvalue weighted by atomic mass is 10.3. The number of ether oxygens (including phenoxy) is 1. The van der Waals surface area contributed by atoms with Gasteiger partial charge >= 0.3 is 6.18 Å². The quantitative estimate of drug-likeness (QED) is 0.460. The van der Waals surface area contributed by atoms with Gasteiger partial charge in [-0.05, 0) is 18.2 Å². The highest BCUT2D eigenvalue weighted by atomic mass is 32.2. The van der Waals surface area contributed by atoms with Crippen molar-refractivity contribution in [3.63, 3.8) is 0 Å². The monoisotopic (exact) mass is 394 g/mol. The molecule has 0 spiro atoms. The highest BCUT2D eigenvalue weighted by Crippen LogP contribution is 2.31. The minimum atomic E-state index is -4.71. The van der Waals surface area contributed by atoms with Gasteiger partial charge in [0.25, 0.3) is 15.7 Å². The van der Waals surface area contributed by atoms with E-state index >= 15 is 0 Å². The van der Waals surface area contributed by atoms with Crippen molar-refractivity contribution in [2.45, 2.75) is 11.1 Å². The summed E-state index contributed by atoms with van der Waals surface area (Å²) >= 11 is 0. The Morgan fingerprint density at radius 3 is 2.42 bits per heavy atom. The number of hydrogen-bond acceptors (Lipinski definition) is 5. The third kappa shape index (κ3) is 4.81. The molecule has 140 valence electrons. The zero-order valence-corrected chi connectivity index (χ0v) is 13.5. The molecule has 0 aromatic heterocycles. The fraction of sp³-hybridized carbons (Fsp3) is 0.143. The van der Waals surface area contributed by atoms with Crippen LogP contribution >= 0.6 is 0 Å². The molecule has 2 aromatic carbocycles. The second-order valence-electron chi connectivity index (χ2n) is 4.87. The van der Waals surface area contributed by atoms with Gasteiger partial charge in [0.05, 0.1) is 10.6 Å². The van der Waals surface area contributed by atoms with Crippen LogP contribution in [-0.2, 0) is 10.0 Å². The van der Waals surface area contributed by atoms with E-state index in [1.54, 1.807) is 0 Å². The van der Waals surface area contributed by atoms with Gasteiger partial charge in [-0.1, -0.05) is 12.1 Å². The van der Waals surface area contributed by atoms with E-state index in [2.05, 4.69) is 4.74 Å². The molecule has 0 bridgehead atoms. The smallest absolute Gasteiger partial charge is 0.422 e. The number of nitro benzene ring substituents is 1. The Morgan fingerprint density at radius 2 is 1.81 bits per heavy atom. The second kappa shape index (κ2) is 7.15. The number of rotatable bonds is 6. The molecule has 0 unspecified atom stereocenters. The Morgan fingerprint density at radius 1 is 1.15 bits per heavy atom. The molecular weight excluding hydrogens is 384 g/mol. The molecule has 0 aliphatic heterocycles. The van der Waals surface area contributed by atoms with E-state index in [0.717, 1.165) is 24.3 Å². The largest absolute Gasteiger partial charge is 0.482 e. The minimum absolute atomic E-state index is 0.592. The minimum Gasteiger partial charge on any atom is -0.482 e. The van der Waals surface area contributed by atoms with Crippen LogP contribution in [0, 0.1) is 15.9 Å². The van der Waals surface area contributed by atoms with Crippen molar-refractivity contribution >= 4 is 21.4 Å². The van der Waals surface area contributed by atoms with Crippen LogP contribution in [0.1, 0.15) is 0 Å². The zero-order chi connectivity index (χ0) is 19.5. The van der Waals surface area contributed by atoms with Crippen LogP contribution in [0.25, 0.3) is 0 Å². The molecule has 0 aliphatic rings. The summed E-state index contributed by atoms with van der Waals surface area (Å²) in [6, 6.07) is 6.48. The molecule has 7 nitrogen and oxygen atoms in total. The van der Waals surface area contributed by atoms with Crippen LogP contribution in [-0.4, -0.2) is 26.1 Å². The number of nitrogens with one attached hydrogen (secondary N) is 1. The molecule has 0 saturated carbocycles. The lowest BCUT2D eigenvalue weighted by Gasteiger charge is -2.15. The van der Waals surface area contributed by atoms with E-state index in [1.165, 1.54) is 12.1 Å². The zero-order valence-electron chi connectivity index (χ0n) is 12.7. The highest BCUT2D eigenvalue weighted by molar-refractivity contribution is 7.92. The van der Waals surface area contributed by atoms with Crippen molar-refractivity contribution in [1.29, 1.82) is 0 Å². The van der Waals surface area contributed by atoms with Crippen LogP contribution in [0.4, 0.5) is 28.9 Å². The maximum absolute atomic E-state index is 13.4. The number of sulfonamides is 1. The SMILES string of the molecule is O=[N+]([O-])c1ccccc1S(=O)(=O)Nc1cc(F)ccc1OCC(F)(F)F. The van der Waals surface area contributed by atoms with Gasteiger partial charge in [0.2, 0.25) is 0 Å². The van der Waals surface area contributed by atoms with E-state index < -0.39 is 55.6 Å². The number of benzene rings is 2. The summed E-state index contributed by atoms with van der Waals surface area (Å²) < 4.78 is 81.3. The first-order valence-electron chi connectivity index (χ1n) is 6.75. The predicted molar refractivity (Wildman–Crippen MR) is 81.9 cm³/mol. The molecular formula is C14H10F4N2O5S. The van der Waals surface area contributed by atoms with Gasteiger partial charge in [-0.2, -0.15) is 13.2 Å². The van der Waals surface area contributed by atoms with Gasteiger partial charge in [-0.15, -0.1) is 0 Å². The summed E-state index contributed by atoms with van der Waals surface area (Å²) in [6.45, 7) is -1.74. The predicted octanol–water partition coefficient (Wildman–Crippen LogP) is 3.48. The molecule has 26 heavy (non-hydrogen) atoms.